The van der Waals surface area contributed by atoms with E-state index in [0.717, 1.165) is 29.1 Å². The largest absolute Gasteiger partial charge is 0.481 e. The number of ether oxygens (including phenoxy) is 2. The number of likely N-dealkylation sites (tertiary alicyclic amines) is 1. The van der Waals surface area contributed by atoms with E-state index in [0.29, 0.717) is 35.8 Å². The maximum atomic E-state index is 13.2. The molecule has 2 N–H and O–H groups in total. The highest BCUT2D eigenvalue weighted by Gasteiger charge is 2.73. The second-order valence-electron chi connectivity index (χ2n) is 11.3. The summed E-state index contributed by atoms with van der Waals surface area (Å²) in [7, 11) is 0. The molecule has 3 fully saturated rings. The second-order valence-corrected chi connectivity index (χ2v) is 12.5. The van der Waals surface area contributed by atoms with Crippen molar-refractivity contribution in [2.24, 2.45) is 5.92 Å². The average molecular weight is 524 g/mol. The number of aliphatic hydroxyl groups is 1. The zero-order valence-corrected chi connectivity index (χ0v) is 21.2. The van der Waals surface area contributed by atoms with Crippen LogP contribution in [0.4, 0.5) is 0 Å². The van der Waals surface area contributed by atoms with Crippen LogP contribution in [0, 0.1) is 5.92 Å². The van der Waals surface area contributed by atoms with Crippen LogP contribution in [0.1, 0.15) is 53.0 Å². The van der Waals surface area contributed by atoms with Crippen molar-refractivity contribution in [1.29, 1.82) is 0 Å². The molecule has 9 heteroatoms. The summed E-state index contributed by atoms with van der Waals surface area (Å²) in [5, 5.41) is 21.3. The fourth-order valence-corrected chi connectivity index (χ4v) is 8.39. The summed E-state index contributed by atoms with van der Waals surface area (Å²) < 4.78 is 12.1. The van der Waals surface area contributed by atoms with Gasteiger partial charge < -0.3 is 19.7 Å². The molecule has 0 radical (unpaired) electrons. The van der Waals surface area contributed by atoms with Crippen molar-refractivity contribution in [3.8, 4) is 11.5 Å². The van der Waals surface area contributed by atoms with Gasteiger partial charge in [-0.1, -0.05) is 6.07 Å². The molecule has 1 saturated heterocycles. The van der Waals surface area contributed by atoms with E-state index in [1.165, 1.54) is 24.2 Å². The van der Waals surface area contributed by atoms with Gasteiger partial charge in [0.05, 0.1) is 23.9 Å². The maximum Gasteiger partial charge on any atom is 0.316 e. The van der Waals surface area contributed by atoms with Crippen LogP contribution < -0.4 is 9.47 Å². The molecule has 4 atom stereocenters. The molecule has 1 aromatic heterocycles. The number of rotatable bonds is 7. The lowest BCUT2D eigenvalue weighted by atomic mass is 9.49. The summed E-state index contributed by atoms with van der Waals surface area (Å²) in [5.74, 6) is 0.0255. The Kier molecular flexibility index (Phi) is 5.13. The standard InChI is InChI=1S/C28H29NO7S/c30-19-7-8-28(34)21-11-16-3-6-20(35-23(33)13-18-5-4-17(37-18)12-22(31)32)25-24(16)27(28,26(19)36-25)9-10-29(21)14-15-1-2-15/h3-6,15,21,26,34H,1-2,7-14H2,(H,31,32)/t21-,26+,27+,28-/m1/s1. The van der Waals surface area contributed by atoms with E-state index in [4.69, 9.17) is 14.6 Å². The van der Waals surface area contributed by atoms with Crippen molar-refractivity contribution >= 4 is 29.1 Å². The molecular weight excluding hydrogens is 494 g/mol. The van der Waals surface area contributed by atoms with Crippen molar-refractivity contribution in [2.75, 3.05) is 13.1 Å². The van der Waals surface area contributed by atoms with Gasteiger partial charge in [-0.15, -0.1) is 11.3 Å². The van der Waals surface area contributed by atoms with Crippen LogP contribution in [0.2, 0.25) is 0 Å². The molecule has 1 aromatic carbocycles. The van der Waals surface area contributed by atoms with E-state index in [1.807, 2.05) is 6.07 Å². The van der Waals surface area contributed by atoms with Gasteiger partial charge in [0, 0.05) is 34.3 Å². The molecule has 0 amide bonds. The quantitative estimate of drug-likeness (QED) is 0.421. The normalized spacial score (nSPS) is 31.5. The maximum absolute atomic E-state index is 13.2. The SMILES string of the molecule is O=C(O)Cc1ccc(CC(=O)Oc2ccc3c4c2O[C@H]2C(=O)CC[C@@]5(O)[C@@H](C3)N(CC3CC3)CC[C@]425)s1. The van der Waals surface area contributed by atoms with Gasteiger partial charge in [0.25, 0.3) is 0 Å². The Labute approximate surface area is 218 Å². The fourth-order valence-electron chi connectivity index (χ4n) is 7.40. The van der Waals surface area contributed by atoms with Crippen molar-refractivity contribution in [1.82, 2.24) is 4.90 Å². The smallest absolute Gasteiger partial charge is 0.316 e. The first kappa shape index (κ1) is 23.4. The van der Waals surface area contributed by atoms with Crippen molar-refractivity contribution < 1.29 is 34.1 Å². The first-order valence-corrected chi connectivity index (χ1v) is 13.9. The summed E-state index contributed by atoms with van der Waals surface area (Å²) in [4.78, 5) is 40.9. The van der Waals surface area contributed by atoms with E-state index in [-0.39, 0.29) is 36.8 Å². The number of Topliss-reactive ketones (excluding diaryl/α,β-unsaturated/α-hetero) is 1. The van der Waals surface area contributed by atoms with Gasteiger partial charge in [-0.25, -0.2) is 0 Å². The van der Waals surface area contributed by atoms with Gasteiger partial charge in [0.15, 0.2) is 23.4 Å². The third kappa shape index (κ3) is 3.43. The average Bonchev–Trinajstić information content (AvgIpc) is 3.44. The van der Waals surface area contributed by atoms with E-state index in [2.05, 4.69) is 4.90 Å². The highest BCUT2D eigenvalue weighted by atomic mass is 32.1. The molecule has 2 aromatic rings. The van der Waals surface area contributed by atoms with Crippen LogP contribution in [0.5, 0.6) is 11.5 Å². The number of ketones is 1. The molecule has 37 heavy (non-hydrogen) atoms. The number of carboxylic acids is 1. The van der Waals surface area contributed by atoms with Crippen molar-refractivity contribution in [2.45, 2.75) is 74.5 Å². The van der Waals surface area contributed by atoms with Crippen LogP contribution >= 0.6 is 11.3 Å². The number of aliphatic carboxylic acids is 1. The van der Waals surface area contributed by atoms with Gasteiger partial charge >= 0.3 is 11.9 Å². The lowest BCUT2D eigenvalue weighted by molar-refractivity contribution is -0.188. The molecule has 5 aliphatic rings. The second kappa shape index (κ2) is 8.12. The molecule has 2 aliphatic heterocycles. The summed E-state index contributed by atoms with van der Waals surface area (Å²) in [6.07, 6.45) is 3.71. The molecule has 7 rings (SSSR count). The first-order valence-electron chi connectivity index (χ1n) is 13.1. The molecular formula is C28H29NO7S. The lowest BCUT2D eigenvalue weighted by Crippen LogP contribution is -2.76. The Bertz CT molecular complexity index is 1330. The minimum atomic E-state index is -1.06. The number of benzene rings is 1. The summed E-state index contributed by atoms with van der Waals surface area (Å²) >= 11 is 1.28. The molecule has 1 spiro atoms. The van der Waals surface area contributed by atoms with Gasteiger partial charge in [-0.05, 0) is 68.3 Å². The predicted octanol–water partition coefficient (Wildman–Crippen LogP) is 2.66. The van der Waals surface area contributed by atoms with Gasteiger partial charge in [-0.2, -0.15) is 0 Å². The molecule has 194 valence electrons. The number of nitrogens with zero attached hydrogens (tertiary/aromatic N) is 1. The van der Waals surface area contributed by atoms with Crippen LogP contribution in [0.3, 0.4) is 0 Å². The van der Waals surface area contributed by atoms with Crippen LogP contribution in [0.15, 0.2) is 24.3 Å². The van der Waals surface area contributed by atoms with E-state index in [9.17, 15) is 19.5 Å². The predicted molar refractivity (Wildman–Crippen MR) is 133 cm³/mol. The Balaban J connectivity index is 1.21. The summed E-state index contributed by atoms with van der Waals surface area (Å²) in [6, 6.07) is 7.13. The number of esters is 1. The third-order valence-corrected chi connectivity index (χ3v) is 10.2. The lowest BCUT2D eigenvalue weighted by Gasteiger charge is -2.62. The summed E-state index contributed by atoms with van der Waals surface area (Å²) in [5.41, 5.74) is 0.0638. The monoisotopic (exact) mass is 523 g/mol. The Morgan fingerprint density at radius 3 is 2.68 bits per heavy atom. The first-order chi connectivity index (χ1) is 17.8. The number of carbonyl (C=O) groups excluding carboxylic acids is 2. The van der Waals surface area contributed by atoms with Crippen LogP contribution in [0.25, 0.3) is 0 Å². The number of carbonyl (C=O) groups is 3. The van der Waals surface area contributed by atoms with E-state index < -0.39 is 29.1 Å². The minimum Gasteiger partial charge on any atom is -0.481 e. The molecule has 2 saturated carbocycles. The van der Waals surface area contributed by atoms with Gasteiger partial charge in [0.2, 0.25) is 0 Å². The fraction of sp³-hybridized carbons (Fsp3) is 0.536. The number of piperidine rings is 1. The number of hydrogen-bond donors (Lipinski definition) is 2. The number of thiophene rings is 1. The van der Waals surface area contributed by atoms with E-state index in [1.54, 1.807) is 18.2 Å². The van der Waals surface area contributed by atoms with Gasteiger partial charge in [0.1, 0.15) is 0 Å². The molecule has 3 aliphatic carbocycles. The van der Waals surface area contributed by atoms with Crippen LogP contribution in [-0.4, -0.2) is 63.7 Å². The third-order valence-electron chi connectivity index (χ3n) is 9.13. The zero-order chi connectivity index (χ0) is 25.5. The number of hydrogen-bond acceptors (Lipinski definition) is 8. The van der Waals surface area contributed by atoms with E-state index >= 15 is 0 Å². The highest BCUT2D eigenvalue weighted by molar-refractivity contribution is 7.12. The number of carboxylic acid groups (broad SMARTS) is 1. The zero-order valence-electron chi connectivity index (χ0n) is 20.4. The Morgan fingerprint density at radius 2 is 1.92 bits per heavy atom. The van der Waals surface area contributed by atoms with Gasteiger partial charge in [-0.3, -0.25) is 19.3 Å². The molecule has 8 nitrogen and oxygen atoms in total. The molecule has 0 unspecified atom stereocenters. The highest BCUT2D eigenvalue weighted by Crippen LogP contribution is 2.65. The minimum absolute atomic E-state index is 0.00457. The topological polar surface area (TPSA) is 113 Å². The van der Waals surface area contributed by atoms with Crippen molar-refractivity contribution in [3.05, 3.63) is 45.1 Å². The Morgan fingerprint density at radius 1 is 1.14 bits per heavy atom. The molecule has 3 heterocycles. The molecule has 2 bridgehead atoms. The van der Waals surface area contributed by atoms with Crippen LogP contribution in [-0.2, 0) is 39.1 Å². The van der Waals surface area contributed by atoms with Crippen molar-refractivity contribution in [3.63, 3.8) is 0 Å². The Hall–Kier alpha value is -2.75. The summed E-state index contributed by atoms with van der Waals surface area (Å²) in [6.45, 7) is 1.81.